The van der Waals surface area contributed by atoms with Crippen molar-refractivity contribution in [2.45, 2.75) is 25.8 Å². The summed E-state index contributed by atoms with van der Waals surface area (Å²) in [7, 11) is 0. The Balaban J connectivity index is 1.75. The number of nitrogens with zero attached hydrogens (tertiary/aromatic N) is 1. The number of amides is 2. The number of carbonyl (C=O) groups is 2. The monoisotopic (exact) mass is 307 g/mol. The predicted molar refractivity (Wildman–Crippen MR) is 81.2 cm³/mol. The number of carbonyl (C=O) groups excluding carboxylic acids is 2. The van der Waals surface area contributed by atoms with Crippen molar-refractivity contribution in [2.75, 3.05) is 19.6 Å². The maximum atomic E-state index is 12.8. The Morgan fingerprint density at radius 2 is 1.86 bits per heavy atom. The van der Waals surface area contributed by atoms with E-state index in [0.29, 0.717) is 45.4 Å². The summed E-state index contributed by atoms with van der Waals surface area (Å²) in [6.45, 7) is 1.96. The number of hydrogen-bond donors (Lipinski definition) is 2. The molecule has 2 amide bonds. The first-order valence-electron chi connectivity index (χ1n) is 7.60. The third-order valence-electron chi connectivity index (χ3n) is 3.96. The summed E-state index contributed by atoms with van der Waals surface area (Å²) in [6.07, 6.45) is 1.71. The van der Waals surface area contributed by atoms with E-state index in [2.05, 4.69) is 5.32 Å². The van der Waals surface area contributed by atoms with Gasteiger partial charge in [0.05, 0.1) is 0 Å². The average Bonchev–Trinajstić information content (AvgIpc) is 2.54. The number of nitrogens with one attached hydrogen (secondary N) is 1. The van der Waals surface area contributed by atoms with E-state index in [1.807, 2.05) is 0 Å². The van der Waals surface area contributed by atoms with E-state index in [4.69, 9.17) is 5.73 Å². The van der Waals surface area contributed by atoms with Gasteiger partial charge < -0.3 is 16.0 Å². The Bertz CT molecular complexity index is 511. The van der Waals surface area contributed by atoms with Crippen LogP contribution in [0.1, 0.15) is 24.8 Å². The molecule has 3 N–H and O–H groups in total. The highest BCUT2D eigenvalue weighted by Crippen LogP contribution is 2.18. The molecule has 1 aromatic carbocycles. The lowest BCUT2D eigenvalue weighted by atomic mass is 9.95. The van der Waals surface area contributed by atoms with Crippen LogP contribution in [0.25, 0.3) is 0 Å². The van der Waals surface area contributed by atoms with E-state index in [0.717, 1.165) is 5.56 Å². The van der Waals surface area contributed by atoms with Gasteiger partial charge in [-0.3, -0.25) is 9.59 Å². The van der Waals surface area contributed by atoms with Gasteiger partial charge in [-0.25, -0.2) is 4.39 Å². The zero-order valence-electron chi connectivity index (χ0n) is 12.6. The lowest BCUT2D eigenvalue weighted by Crippen LogP contribution is -2.43. The number of rotatable bonds is 5. The molecule has 0 bridgehead atoms. The van der Waals surface area contributed by atoms with E-state index < -0.39 is 0 Å². The molecule has 120 valence electrons. The van der Waals surface area contributed by atoms with Crippen LogP contribution in [0.5, 0.6) is 0 Å². The number of hydrogen-bond acceptors (Lipinski definition) is 3. The predicted octanol–water partition coefficient (Wildman–Crippen LogP) is 1.03. The lowest BCUT2D eigenvalue weighted by Gasteiger charge is -2.31. The molecule has 1 fully saturated rings. The molecule has 0 aromatic heterocycles. The van der Waals surface area contributed by atoms with Crippen LogP contribution >= 0.6 is 0 Å². The van der Waals surface area contributed by atoms with Crippen molar-refractivity contribution in [3.63, 3.8) is 0 Å². The van der Waals surface area contributed by atoms with Crippen LogP contribution in [0.15, 0.2) is 24.3 Å². The Labute approximate surface area is 129 Å². The molecule has 1 heterocycles. The highest BCUT2D eigenvalue weighted by molar-refractivity contribution is 5.80. The van der Waals surface area contributed by atoms with Crippen LogP contribution in [-0.4, -0.2) is 36.3 Å². The smallest absolute Gasteiger partial charge is 0.223 e. The topological polar surface area (TPSA) is 75.4 Å². The van der Waals surface area contributed by atoms with Gasteiger partial charge in [-0.15, -0.1) is 0 Å². The van der Waals surface area contributed by atoms with Gasteiger partial charge in [0.2, 0.25) is 11.8 Å². The van der Waals surface area contributed by atoms with Gasteiger partial charge in [0, 0.05) is 38.5 Å². The van der Waals surface area contributed by atoms with Crippen molar-refractivity contribution in [3.8, 4) is 0 Å². The van der Waals surface area contributed by atoms with Crippen LogP contribution in [0.2, 0.25) is 0 Å². The summed E-state index contributed by atoms with van der Waals surface area (Å²) in [5.41, 5.74) is 6.25. The standard InChI is InChI=1S/C16H22FN3O2/c17-14-3-1-12(2-4-14)11-19-16(22)13-6-9-20(10-7-13)15(21)5-8-18/h1-4,13H,5-11,18H2,(H,19,22). The van der Waals surface area contributed by atoms with Crippen LogP contribution in [0.3, 0.4) is 0 Å². The quantitative estimate of drug-likeness (QED) is 0.853. The first-order chi connectivity index (χ1) is 10.6. The van der Waals surface area contributed by atoms with Crippen LogP contribution in [-0.2, 0) is 16.1 Å². The maximum Gasteiger partial charge on any atom is 0.223 e. The normalized spacial score (nSPS) is 15.6. The molecule has 6 heteroatoms. The third-order valence-corrected chi connectivity index (χ3v) is 3.96. The number of halogens is 1. The molecule has 1 saturated heterocycles. The second-order valence-corrected chi connectivity index (χ2v) is 5.54. The zero-order chi connectivity index (χ0) is 15.9. The van der Waals surface area contributed by atoms with E-state index in [1.54, 1.807) is 17.0 Å². The van der Waals surface area contributed by atoms with E-state index in [-0.39, 0.29) is 23.5 Å². The molecule has 0 spiro atoms. The van der Waals surface area contributed by atoms with Crippen molar-refractivity contribution in [1.29, 1.82) is 0 Å². The molecule has 0 aliphatic carbocycles. The van der Waals surface area contributed by atoms with E-state index >= 15 is 0 Å². The number of benzene rings is 1. The molecule has 0 radical (unpaired) electrons. The second-order valence-electron chi connectivity index (χ2n) is 5.54. The van der Waals surface area contributed by atoms with Crippen molar-refractivity contribution in [1.82, 2.24) is 10.2 Å². The summed E-state index contributed by atoms with van der Waals surface area (Å²) in [5.74, 6) is -0.296. The Kier molecular flexibility index (Phi) is 5.89. The highest BCUT2D eigenvalue weighted by Gasteiger charge is 2.26. The molecular weight excluding hydrogens is 285 g/mol. The summed E-state index contributed by atoms with van der Waals surface area (Å²) in [4.78, 5) is 25.6. The fourth-order valence-electron chi connectivity index (χ4n) is 2.61. The minimum Gasteiger partial charge on any atom is -0.352 e. The maximum absolute atomic E-state index is 12.8. The minimum absolute atomic E-state index is 0.00440. The number of nitrogens with two attached hydrogens (primary N) is 1. The fraction of sp³-hybridized carbons (Fsp3) is 0.500. The van der Waals surface area contributed by atoms with Crippen LogP contribution in [0, 0.1) is 11.7 Å². The molecular formula is C16H22FN3O2. The summed E-state index contributed by atoms with van der Waals surface area (Å²) in [5, 5.41) is 2.87. The Hall–Kier alpha value is -1.95. The third kappa shape index (κ3) is 4.53. The molecule has 0 saturated carbocycles. The van der Waals surface area contributed by atoms with Crippen molar-refractivity contribution in [3.05, 3.63) is 35.6 Å². The van der Waals surface area contributed by atoms with Crippen LogP contribution in [0.4, 0.5) is 4.39 Å². The largest absolute Gasteiger partial charge is 0.352 e. The lowest BCUT2D eigenvalue weighted by molar-refractivity contribution is -0.135. The molecule has 2 rings (SSSR count). The van der Waals surface area contributed by atoms with Gasteiger partial charge >= 0.3 is 0 Å². The molecule has 1 aliphatic rings. The summed E-state index contributed by atoms with van der Waals surface area (Å²) in [6, 6.07) is 6.07. The molecule has 22 heavy (non-hydrogen) atoms. The SMILES string of the molecule is NCCC(=O)N1CCC(C(=O)NCc2ccc(F)cc2)CC1. The van der Waals surface area contributed by atoms with Gasteiger partial charge in [-0.05, 0) is 30.5 Å². The first kappa shape index (κ1) is 16.4. The number of likely N-dealkylation sites (tertiary alicyclic amines) is 1. The Morgan fingerprint density at radius 3 is 2.45 bits per heavy atom. The van der Waals surface area contributed by atoms with Gasteiger partial charge in [0.15, 0.2) is 0 Å². The van der Waals surface area contributed by atoms with Gasteiger partial charge in [-0.2, -0.15) is 0 Å². The van der Waals surface area contributed by atoms with E-state index in [9.17, 15) is 14.0 Å². The highest BCUT2D eigenvalue weighted by atomic mass is 19.1. The van der Waals surface area contributed by atoms with Crippen molar-refractivity contribution < 1.29 is 14.0 Å². The summed E-state index contributed by atoms with van der Waals surface area (Å²) >= 11 is 0. The molecule has 1 aliphatic heterocycles. The molecule has 0 unspecified atom stereocenters. The van der Waals surface area contributed by atoms with Crippen molar-refractivity contribution in [2.24, 2.45) is 11.7 Å². The molecule has 1 aromatic rings. The zero-order valence-corrected chi connectivity index (χ0v) is 12.6. The molecule has 5 nitrogen and oxygen atoms in total. The number of piperidine rings is 1. The minimum atomic E-state index is -0.287. The molecule has 0 atom stereocenters. The van der Waals surface area contributed by atoms with Gasteiger partial charge in [0.25, 0.3) is 0 Å². The van der Waals surface area contributed by atoms with Gasteiger partial charge in [-0.1, -0.05) is 12.1 Å². The van der Waals surface area contributed by atoms with Gasteiger partial charge in [0.1, 0.15) is 5.82 Å². The first-order valence-corrected chi connectivity index (χ1v) is 7.60. The van der Waals surface area contributed by atoms with Crippen molar-refractivity contribution >= 4 is 11.8 Å². The van der Waals surface area contributed by atoms with Crippen LogP contribution < -0.4 is 11.1 Å². The summed E-state index contributed by atoms with van der Waals surface area (Å²) < 4.78 is 12.8. The fourth-order valence-corrected chi connectivity index (χ4v) is 2.61. The Morgan fingerprint density at radius 1 is 1.23 bits per heavy atom. The average molecular weight is 307 g/mol. The second kappa shape index (κ2) is 7.89. The van der Waals surface area contributed by atoms with E-state index in [1.165, 1.54) is 12.1 Å².